The molecule has 3 nitrogen and oxygen atoms in total. The summed E-state index contributed by atoms with van der Waals surface area (Å²) < 4.78 is 12.5. The molecule has 1 heterocycles. The topological polar surface area (TPSA) is 44.5 Å². The number of hydrogen-bond donors (Lipinski definition) is 1. The van der Waals surface area contributed by atoms with Gasteiger partial charge in [0.1, 0.15) is 18.1 Å². The number of benzene rings is 2. The average molecular weight is 369 g/mol. The molecular formula is C16H15BrClNO2. The Morgan fingerprint density at radius 3 is 2.90 bits per heavy atom. The van der Waals surface area contributed by atoms with Crippen LogP contribution in [0.5, 0.6) is 11.5 Å². The molecule has 0 radical (unpaired) electrons. The predicted molar refractivity (Wildman–Crippen MR) is 87.0 cm³/mol. The predicted octanol–water partition coefficient (Wildman–Crippen LogP) is 4.08. The third-order valence-corrected chi connectivity index (χ3v) is 4.45. The van der Waals surface area contributed by atoms with Crippen LogP contribution in [0.4, 0.5) is 0 Å². The largest absolute Gasteiger partial charge is 0.493 e. The van der Waals surface area contributed by atoms with E-state index in [0.29, 0.717) is 19.8 Å². The number of hydrogen-bond acceptors (Lipinski definition) is 3. The molecule has 3 rings (SSSR count). The van der Waals surface area contributed by atoms with E-state index < -0.39 is 0 Å². The van der Waals surface area contributed by atoms with Gasteiger partial charge < -0.3 is 15.2 Å². The first-order valence-corrected chi connectivity index (χ1v) is 7.90. The van der Waals surface area contributed by atoms with E-state index in [4.69, 9.17) is 26.8 Å². The van der Waals surface area contributed by atoms with Gasteiger partial charge in [0, 0.05) is 28.0 Å². The molecule has 0 amide bonds. The second-order valence-corrected chi connectivity index (χ2v) is 6.19. The van der Waals surface area contributed by atoms with Crippen LogP contribution < -0.4 is 15.2 Å². The van der Waals surface area contributed by atoms with Gasteiger partial charge in [-0.3, -0.25) is 0 Å². The highest BCUT2D eigenvalue weighted by atomic mass is 79.9. The van der Waals surface area contributed by atoms with Crippen LogP contribution in [0.3, 0.4) is 0 Å². The molecule has 2 aromatic carbocycles. The zero-order chi connectivity index (χ0) is 14.8. The summed E-state index contributed by atoms with van der Waals surface area (Å²) in [4.78, 5) is 0. The maximum atomic E-state index is 6.14. The van der Waals surface area contributed by atoms with Crippen LogP contribution in [-0.4, -0.2) is 6.61 Å². The molecule has 21 heavy (non-hydrogen) atoms. The Labute approximate surface area is 137 Å². The van der Waals surface area contributed by atoms with Crippen LogP contribution in [0.2, 0.25) is 5.02 Å². The maximum absolute atomic E-state index is 6.14. The third-order valence-electron chi connectivity index (χ3n) is 3.46. The second-order valence-electron chi connectivity index (χ2n) is 4.90. The summed E-state index contributed by atoms with van der Waals surface area (Å²) in [5, 5.41) is 0.719. The van der Waals surface area contributed by atoms with Gasteiger partial charge in [-0.2, -0.15) is 0 Å². The molecule has 0 bridgehead atoms. The Morgan fingerprint density at radius 2 is 2.10 bits per heavy atom. The molecule has 0 unspecified atom stereocenters. The molecule has 2 aromatic rings. The standard InChI is InChI=1S/C16H15BrClNO2/c17-15-2-1-14(7-11(15)8-19)21-9-12-6-13(18)5-10-3-4-20-16(10)12/h1-2,5-7H,3-4,8-9,19H2. The Hall–Kier alpha value is -1.23. The highest BCUT2D eigenvalue weighted by molar-refractivity contribution is 9.10. The van der Waals surface area contributed by atoms with E-state index in [9.17, 15) is 0 Å². The van der Waals surface area contributed by atoms with Crippen molar-refractivity contribution in [1.29, 1.82) is 0 Å². The summed E-state index contributed by atoms with van der Waals surface area (Å²) in [5.74, 6) is 1.70. The van der Waals surface area contributed by atoms with E-state index >= 15 is 0 Å². The molecule has 0 atom stereocenters. The SMILES string of the molecule is NCc1cc(OCc2cc(Cl)cc3c2OCC3)ccc1Br. The fraction of sp³-hybridized carbons (Fsp3) is 0.250. The van der Waals surface area contributed by atoms with Crippen molar-refractivity contribution in [2.45, 2.75) is 19.6 Å². The van der Waals surface area contributed by atoms with Gasteiger partial charge in [-0.25, -0.2) is 0 Å². The van der Waals surface area contributed by atoms with Crippen molar-refractivity contribution in [2.75, 3.05) is 6.61 Å². The van der Waals surface area contributed by atoms with Gasteiger partial charge >= 0.3 is 0 Å². The van der Waals surface area contributed by atoms with Crippen molar-refractivity contribution >= 4 is 27.5 Å². The van der Waals surface area contributed by atoms with Crippen LogP contribution in [0.1, 0.15) is 16.7 Å². The fourth-order valence-electron chi connectivity index (χ4n) is 2.41. The lowest BCUT2D eigenvalue weighted by Crippen LogP contribution is -2.01. The van der Waals surface area contributed by atoms with E-state index in [-0.39, 0.29) is 0 Å². The van der Waals surface area contributed by atoms with Gasteiger partial charge in [-0.15, -0.1) is 0 Å². The highest BCUT2D eigenvalue weighted by Crippen LogP contribution is 2.33. The number of rotatable bonds is 4. The lowest BCUT2D eigenvalue weighted by molar-refractivity contribution is 0.291. The number of nitrogens with two attached hydrogens (primary N) is 1. The van der Waals surface area contributed by atoms with E-state index in [1.54, 1.807) is 0 Å². The minimum atomic E-state index is 0.425. The van der Waals surface area contributed by atoms with Gasteiger partial charge in [0.2, 0.25) is 0 Å². The van der Waals surface area contributed by atoms with Crippen LogP contribution in [0, 0.1) is 0 Å². The van der Waals surface area contributed by atoms with Crippen molar-refractivity contribution in [2.24, 2.45) is 5.73 Å². The first-order chi connectivity index (χ1) is 10.2. The van der Waals surface area contributed by atoms with E-state index in [2.05, 4.69) is 15.9 Å². The lowest BCUT2D eigenvalue weighted by atomic mass is 10.1. The molecule has 0 aliphatic carbocycles. The van der Waals surface area contributed by atoms with Gasteiger partial charge in [-0.1, -0.05) is 27.5 Å². The van der Waals surface area contributed by atoms with E-state index in [1.165, 1.54) is 0 Å². The van der Waals surface area contributed by atoms with Crippen molar-refractivity contribution in [3.63, 3.8) is 0 Å². The normalized spacial score (nSPS) is 12.9. The minimum Gasteiger partial charge on any atom is -0.493 e. The van der Waals surface area contributed by atoms with Gasteiger partial charge in [0.15, 0.2) is 0 Å². The Morgan fingerprint density at radius 1 is 1.24 bits per heavy atom. The van der Waals surface area contributed by atoms with Gasteiger partial charge in [-0.05, 0) is 41.5 Å². The van der Waals surface area contributed by atoms with Crippen LogP contribution in [-0.2, 0) is 19.6 Å². The minimum absolute atomic E-state index is 0.425. The smallest absolute Gasteiger partial charge is 0.129 e. The molecule has 0 spiro atoms. The fourth-order valence-corrected chi connectivity index (χ4v) is 3.08. The molecule has 5 heteroatoms. The monoisotopic (exact) mass is 367 g/mol. The summed E-state index contributed by atoms with van der Waals surface area (Å²) in [6, 6.07) is 9.65. The zero-order valence-corrected chi connectivity index (χ0v) is 13.7. The quantitative estimate of drug-likeness (QED) is 0.884. The Bertz CT molecular complexity index is 676. The summed E-state index contributed by atoms with van der Waals surface area (Å²) in [7, 11) is 0. The van der Waals surface area contributed by atoms with Crippen molar-refractivity contribution in [3.05, 3.63) is 56.5 Å². The molecule has 0 saturated carbocycles. The molecule has 2 N–H and O–H groups in total. The van der Waals surface area contributed by atoms with Gasteiger partial charge in [0.05, 0.1) is 6.61 Å². The Kier molecular flexibility index (Phi) is 4.38. The van der Waals surface area contributed by atoms with E-state index in [0.717, 1.165) is 44.1 Å². The summed E-state index contributed by atoms with van der Waals surface area (Å²) in [6.45, 7) is 1.60. The summed E-state index contributed by atoms with van der Waals surface area (Å²) in [6.07, 6.45) is 0.901. The molecule has 0 fully saturated rings. The lowest BCUT2D eigenvalue weighted by Gasteiger charge is -2.12. The summed E-state index contributed by atoms with van der Waals surface area (Å²) in [5.41, 5.74) is 8.84. The number of ether oxygens (including phenoxy) is 2. The van der Waals surface area contributed by atoms with Crippen LogP contribution in [0.25, 0.3) is 0 Å². The second kappa shape index (κ2) is 6.26. The molecule has 0 aromatic heterocycles. The molecule has 1 aliphatic heterocycles. The van der Waals surface area contributed by atoms with Crippen LogP contribution in [0.15, 0.2) is 34.8 Å². The first kappa shape index (κ1) is 14.7. The zero-order valence-electron chi connectivity index (χ0n) is 11.4. The molecular weight excluding hydrogens is 354 g/mol. The Balaban J connectivity index is 1.79. The average Bonchev–Trinajstić information content (AvgIpc) is 2.94. The van der Waals surface area contributed by atoms with Crippen molar-refractivity contribution in [1.82, 2.24) is 0 Å². The van der Waals surface area contributed by atoms with Crippen LogP contribution >= 0.6 is 27.5 Å². The van der Waals surface area contributed by atoms with E-state index in [1.807, 2.05) is 30.3 Å². The maximum Gasteiger partial charge on any atom is 0.129 e. The highest BCUT2D eigenvalue weighted by Gasteiger charge is 2.18. The number of fused-ring (bicyclic) bond motifs is 1. The van der Waals surface area contributed by atoms with Crippen molar-refractivity contribution in [3.8, 4) is 11.5 Å². The molecule has 0 saturated heterocycles. The first-order valence-electron chi connectivity index (χ1n) is 6.73. The number of halogens is 2. The summed E-state index contributed by atoms with van der Waals surface area (Å²) >= 11 is 9.61. The molecule has 110 valence electrons. The third kappa shape index (κ3) is 3.18. The molecule has 1 aliphatic rings. The van der Waals surface area contributed by atoms with Gasteiger partial charge in [0.25, 0.3) is 0 Å². The van der Waals surface area contributed by atoms with Crippen molar-refractivity contribution < 1.29 is 9.47 Å².